The maximum absolute atomic E-state index is 14.4. The van der Waals surface area contributed by atoms with Crippen molar-refractivity contribution < 1.29 is 14.4 Å². The molecule has 0 aliphatic rings. The van der Waals surface area contributed by atoms with Gasteiger partial charge in [0.1, 0.15) is 0 Å². The molecule has 1 amide bonds. The van der Waals surface area contributed by atoms with Gasteiger partial charge in [-0.1, -0.05) is 60.7 Å². The first-order valence-corrected chi connectivity index (χ1v) is 7.65. The van der Waals surface area contributed by atoms with Gasteiger partial charge < -0.3 is 5.32 Å². The second kappa shape index (κ2) is 7.55. The molecule has 0 unspecified atom stereocenters. The van der Waals surface area contributed by atoms with Gasteiger partial charge in [0.05, 0.1) is 11.6 Å². The Bertz CT molecular complexity index is 818. The van der Waals surface area contributed by atoms with Crippen molar-refractivity contribution in [1.29, 1.82) is 0 Å². The van der Waals surface area contributed by atoms with Crippen LogP contribution < -0.4 is 10.8 Å². The first kappa shape index (κ1) is 16.6. The highest BCUT2D eigenvalue weighted by molar-refractivity contribution is 5.93. The van der Waals surface area contributed by atoms with Crippen molar-refractivity contribution in [1.82, 2.24) is 10.5 Å². The molecule has 3 rings (SSSR count). The number of carbonyl (C=O) groups excluding carboxylic acids is 1. The van der Waals surface area contributed by atoms with Crippen LogP contribution in [0.5, 0.6) is 0 Å². The number of carbonyl (C=O) groups is 1. The molecule has 0 atom stereocenters. The fourth-order valence-electron chi connectivity index (χ4n) is 2.52. The molecule has 0 radical (unpaired) electrons. The molecule has 0 aliphatic heterocycles. The Balaban J connectivity index is 1.95. The SMILES string of the molecule is O=C(NO)c1cnc(NC(c2ccccc2)c2ccccc2)c(F)c1. The molecule has 1 aromatic heterocycles. The highest BCUT2D eigenvalue weighted by Gasteiger charge is 2.17. The van der Waals surface area contributed by atoms with E-state index in [1.54, 1.807) is 0 Å². The number of hydrogen-bond acceptors (Lipinski definition) is 4. The van der Waals surface area contributed by atoms with E-state index in [0.717, 1.165) is 17.2 Å². The Kier molecular flexibility index (Phi) is 5.01. The summed E-state index contributed by atoms with van der Waals surface area (Å²) in [7, 11) is 0. The van der Waals surface area contributed by atoms with Crippen molar-refractivity contribution in [3.05, 3.63) is 95.4 Å². The molecule has 0 fully saturated rings. The predicted molar refractivity (Wildman–Crippen MR) is 91.8 cm³/mol. The molecule has 5 nitrogen and oxygen atoms in total. The van der Waals surface area contributed by atoms with Crippen molar-refractivity contribution in [2.45, 2.75) is 6.04 Å². The zero-order chi connectivity index (χ0) is 17.6. The van der Waals surface area contributed by atoms with Crippen molar-refractivity contribution >= 4 is 11.7 Å². The van der Waals surface area contributed by atoms with Gasteiger partial charge in [-0.2, -0.15) is 0 Å². The van der Waals surface area contributed by atoms with Crippen LogP contribution in [0.1, 0.15) is 27.5 Å². The Morgan fingerprint density at radius 2 is 1.56 bits per heavy atom. The summed E-state index contributed by atoms with van der Waals surface area (Å²) in [6.45, 7) is 0. The minimum absolute atomic E-state index is 0.0206. The number of amides is 1. The summed E-state index contributed by atoms with van der Waals surface area (Å²) in [6, 6.07) is 19.9. The molecule has 6 heteroatoms. The van der Waals surface area contributed by atoms with Crippen molar-refractivity contribution in [2.75, 3.05) is 5.32 Å². The highest BCUT2D eigenvalue weighted by Crippen LogP contribution is 2.27. The zero-order valence-electron chi connectivity index (χ0n) is 13.2. The van der Waals surface area contributed by atoms with Gasteiger partial charge in [-0.25, -0.2) is 14.9 Å². The third-order valence-corrected chi connectivity index (χ3v) is 3.75. The minimum atomic E-state index is -0.819. The fraction of sp³-hybridized carbons (Fsp3) is 0.0526. The molecular weight excluding hydrogens is 321 g/mol. The lowest BCUT2D eigenvalue weighted by atomic mass is 9.99. The lowest BCUT2D eigenvalue weighted by molar-refractivity contribution is 0.0705. The number of pyridine rings is 1. The van der Waals surface area contributed by atoms with E-state index in [4.69, 9.17) is 5.21 Å². The maximum Gasteiger partial charge on any atom is 0.276 e. The molecule has 126 valence electrons. The Morgan fingerprint density at radius 3 is 2.04 bits per heavy atom. The Labute approximate surface area is 144 Å². The number of aromatic nitrogens is 1. The summed E-state index contributed by atoms with van der Waals surface area (Å²) in [5.41, 5.74) is 3.29. The molecule has 2 aromatic carbocycles. The summed E-state index contributed by atoms with van der Waals surface area (Å²) in [5, 5.41) is 11.7. The van der Waals surface area contributed by atoms with E-state index in [-0.39, 0.29) is 17.4 Å². The van der Waals surface area contributed by atoms with E-state index in [2.05, 4.69) is 10.3 Å². The topological polar surface area (TPSA) is 74.2 Å². The van der Waals surface area contributed by atoms with Crippen molar-refractivity contribution in [2.24, 2.45) is 0 Å². The molecular formula is C19H16FN3O2. The summed E-state index contributed by atoms with van der Waals surface area (Å²) >= 11 is 0. The second-order valence-corrected chi connectivity index (χ2v) is 5.39. The largest absolute Gasteiger partial charge is 0.357 e. The summed E-state index contributed by atoms with van der Waals surface area (Å²) < 4.78 is 14.4. The quantitative estimate of drug-likeness (QED) is 0.492. The molecule has 0 bridgehead atoms. The van der Waals surface area contributed by atoms with Crippen LogP contribution >= 0.6 is 0 Å². The Hall–Kier alpha value is -3.25. The van der Waals surface area contributed by atoms with Gasteiger partial charge >= 0.3 is 0 Å². The summed E-state index contributed by atoms with van der Waals surface area (Å²) in [5.74, 6) is -1.48. The molecule has 0 spiro atoms. The number of nitrogens with one attached hydrogen (secondary N) is 2. The summed E-state index contributed by atoms with van der Waals surface area (Å²) in [6.07, 6.45) is 1.20. The lowest BCUT2D eigenvalue weighted by Gasteiger charge is -2.21. The van der Waals surface area contributed by atoms with Gasteiger partial charge in [0.25, 0.3) is 5.91 Å². The second-order valence-electron chi connectivity index (χ2n) is 5.39. The van der Waals surface area contributed by atoms with Crippen LogP contribution in [0.2, 0.25) is 0 Å². The molecule has 0 saturated heterocycles. The number of benzene rings is 2. The average Bonchev–Trinajstić information content (AvgIpc) is 2.67. The molecule has 3 N–H and O–H groups in total. The number of halogens is 1. The first-order chi connectivity index (χ1) is 12.2. The minimum Gasteiger partial charge on any atom is -0.357 e. The van der Waals surface area contributed by atoms with E-state index in [0.29, 0.717) is 0 Å². The molecule has 1 heterocycles. The lowest BCUT2D eigenvalue weighted by Crippen LogP contribution is -2.20. The molecule has 3 aromatic rings. The van der Waals surface area contributed by atoms with Gasteiger partial charge in [0, 0.05) is 6.20 Å². The number of hydrogen-bond donors (Lipinski definition) is 3. The predicted octanol–water partition coefficient (Wildman–Crippen LogP) is 3.54. The smallest absolute Gasteiger partial charge is 0.276 e. The third-order valence-electron chi connectivity index (χ3n) is 3.75. The molecule has 25 heavy (non-hydrogen) atoms. The zero-order valence-corrected chi connectivity index (χ0v) is 13.2. The van der Waals surface area contributed by atoms with Crippen LogP contribution in [-0.2, 0) is 0 Å². The van der Waals surface area contributed by atoms with E-state index in [1.165, 1.54) is 11.7 Å². The van der Waals surface area contributed by atoms with Crippen LogP contribution in [-0.4, -0.2) is 16.1 Å². The standard InChI is InChI=1S/C19H16FN3O2/c20-16-11-15(19(24)23-25)12-21-18(16)22-17(13-7-3-1-4-8-13)14-9-5-2-6-10-14/h1-12,17,25H,(H,21,22)(H,23,24). The van der Waals surface area contributed by atoms with Crippen molar-refractivity contribution in [3.63, 3.8) is 0 Å². The van der Waals surface area contributed by atoms with E-state index in [1.807, 2.05) is 60.7 Å². The third kappa shape index (κ3) is 3.81. The normalized spacial score (nSPS) is 10.5. The highest BCUT2D eigenvalue weighted by atomic mass is 19.1. The molecule has 0 saturated carbocycles. The van der Waals surface area contributed by atoms with E-state index in [9.17, 15) is 9.18 Å². The number of anilines is 1. The van der Waals surface area contributed by atoms with E-state index >= 15 is 0 Å². The number of nitrogens with zero attached hydrogens (tertiary/aromatic N) is 1. The number of hydroxylamine groups is 1. The van der Waals surface area contributed by atoms with Crippen LogP contribution in [0.4, 0.5) is 10.2 Å². The maximum atomic E-state index is 14.4. The average molecular weight is 337 g/mol. The van der Waals surface area contributed by atoms with Gasteiger partial charge in [-0.05, 0) is 17.2 Å². The van der Waals surface area contributed by atoms with Gasteiger partial charge in [-0.3, -0.25) is 10.0 Å². The monoisotopic (exact) mass is 337 g/mol. The number of rotatable bonds is 5. The van der Waals surface area contributed by atoms with Gasteiger partial charge in [-0.15, -0.1) is 0 Å². The molecule has 0 aliphatic carbocycles. The van der Waals surface area contributed by atoms with Crippen molar-refractivity contribution in [3.8, 4) is 0 Å². The van der Waals surface area contributed by atoms with Crippen LogP contribution in [0.25, 0.3) is 0 Å². The fourth-order valence-corrected chi connectivity index (χ4v) is 2.52. The van der Waals surface area contributed by atoms with Crippen LogP contribution in [0.15, 0.2) is 72.9 Å². The van der Waals surface area contributed by atoms with Gasteiger partial charge in [0.15, 0.2) is 11.6 Å². The summed E-state index contributed by atoms with van der Waals surface area (Å²) in [4.78, 5) is 15.3. The van der Waals surface area contributed by atoms with E-state index < -0.39 is 11.7 Å². The first-order valence-electron chi connectivity index (χ1n) is 7.65. The van der Waals surface area contributed by atoms with Crippen LogP contribution in [0, 0.1) is 5.82 Å². The van der Waals surface area contributed by atoms with Crippen LogP contribution in [0.3, 0.4) is 0 Å². The van der Waals surface area contributed by atoms with Gasteiger partial charge in [0.2, 0.25) is 0 Å². The Morgan fingerprint density at radius 1 is 1.00 bits per heavy atom.